The molecule has 0 amide bonds. The van der Waals surface area contributed by atoms with Gasteiger partial charge in [-0.1, -0.05) is 26.7 Å². The first-order valence-corrected chi connectivity index (χ1v) is 8.18. The smallest absolute Gasteiger partial charge is 0.00671 e. The van der Waals surface area contributed by atoms with Crippen molar-refractivity contribution in [2.45, 2.75) is 71.8 Å². The van der Waals surface area contributed by atoms with E-state index in [0.29, 0.717) is 0 Å². The Morgan fingerprint density at radius 1 is 1.00 bits per heavy atom. The van der Waals surface area contributed by atoms with Gasteiger partial charge in [-0.2, -0.15) is 0 Å². The fourth-order valence-electron chi connectivity index (χ4n) is 2.91. The van der Waals surface area contributed by atoms with E-state index in [1.165, 1.54) is 71.1 Å². The number of likely N-dealkylation sites (tertiary alicyclic amines) is 1. The van der Waals surface area contributed by atoms with Crippen LogP contribution in [0, 0.1) is 5.92 Å². The average Bonchev–Trinajstić information content (AvgIpc) is 2.36. The first-order valence-electron chi connectivity index (χ1n) is 8.18. The van der Waals surface area contributed by atoms with E-state index in [2.05, 4.69) is 31.0 Å². The molecule has 0 aromatic rings. The molecule has 2 atom stereocenters. The Bertz CT molecular complexity index is 194. The zero-order chi connectivity index (χ0) is 13.2. The lowest BCUT2D eigenvalue weighted by Crippen LogP contribution is -2.41. The van der Waals surface area contributed by atoms with Crippen LogP contribution < -0.4 is 5.32 Å². The van der Waals surface area contributed by atoms with Crippen molar-refractivity contribution in [1.82, 2.24) is 10.2 Å². The molecule has 1 N–H and O–H groups in total. The monoisotopic (exact) mass is 254 g/mol. The molecule has 1 aliphatic heterocycles. The summed E-state index contributed by atoms with van der Waals surface area (Å²) in [5.41, 5.74) is 0. The average molecular weight is 254 g/mol. The van der Waals surface area contributed by atoms with Gasteiger partial charge in [0.25, 0.3) is 0 Å². The molecular formula is C16H34N2. The van der Waals surface area contributed by atoms with Gasteiger partial charge in [-0.15, -0.1) is 0 Å². The van der Waals surface area contributed by atoms with Gasteiger partial charge in [-0.3, -0.25) is 0 Å². The zero-order valence-corrected chi connectivity index (χ0v) is 12.9. The summed E-state index contributed by atoms with van der Waals surface area (Å²) in [5, 5.41) is 3.48. The summed E-state index contributed by atoms with van der Waals surface area (Å²) in [6, 6.07) is 0.826. The van der Waals surface area contributed by atoms with Crippen LogP contribution in [0.2, 0.25) is 0 Å². The third-order valence-corrected chi connectivity index (χ3v) is 4.22. The maximum Gasteiger partial charge on any atom is 0.00671 e. The molecule has 108 valence electrons. The van der Waals surface area contributed by atoms with Crippen molar-refractivity contribution >= 4 is 0 Å². The van der Waals surface area contributed by atoms with Crippen molar-refractivity contribution in [3.63, 3.8) is 0 Å². The van der Waals surface area contributed by atoms with Gasteiger partial charge < -0.3 is 10.2 Å². The lowest BCUT2D eigenvalue weighted by Gasteiger charge is -2.36. The third-order valence-electron chi connectivity index (χ3n) is 4.22. The highest BCUT2D eigenvalue weighted by Crippen LogP contribution is 2.21. The second-order valence-corrected chi connectivity index (χ2v) is 6.19. The van der Waals surface area contributed by atoms with Crippen LogP contribution in [0.1, 0.15) is 65.7 Å². The predicted octanol–water partition coefficient (Wildman–Crippen LogP) is 3.67. The van der Waals surface area contributed by atoms with Crippen LogP contribution in [0.5, 0.6) is 0 Å². The molecule has 2 nitrogen and oxygen atoms in total. The van der Waals surface area contributed by atoms with E-state index < -0.39 is 0 Å². The summed E-state index contributed by atoms with van der Waals surface area (Å²) in [4.78, 5) is 2.71. The second kappa shape index (κ2) is 9.80. The lowest BCUT2D eigenvalue weighted by atomic mass is 9.95. The highest BCUT2D eigenvalue weighted by molar-refractivity contribution is 4.76. The normalized spacial score (nSPS) is 25.5. The van der Waals surface area contributed by atoms with E-state index >= 15 is 0 Å². The highest BCUT2D eigenvalue weighted by Gasteiger charge is 2.21. The molecule has 1 aliphatic rings. The zero-order valence-electron chi connectivity index (χ0n) is 12.9. The molecule has 1 rings (SSSR count). The summed E-state index contributed by atoms with van der Waals surface area (Å²) >= 11 is 0. The quantitative estimate of drug-likeness (QED) is 0.632. The fraction of sp³-hybridized carbons (Fsp3) is 1.00. The minimum atomic E-state index is 0.826. The summed E-state index contributed by atoms with van der Waals surface area (Å²) in [7, 11) is 0. The van der Waals surface area contributed by atoms with Crippen molar-refractivity contribution in [2.24, 2.45) is 5.92 Å². The second-order valence-electron chi connectivity index (χ2n) is 6.19. The number of nitrogens with one attached hydrogen (secondary N) is 1. The Morgan fingerprint density at radius 2 is 1.78 bits per heavy atom. The van der Waals surface area contributed by atoms with E-state index in [-0.39, 0.29) is 0 Å². The standard InChI is InChI=1S/C16H34N2/c1-4-11-17-12-7-5-6-8-13-18-14-15(2)9-10-16(18)3/h15-17H,4-14H2,1-3H3. The number of unbranched alkanes of at least 4 members (excludes halogenated alkanes) is 3. The number of rotatable bonds is 9. The van der Waals surface area contributed by atoms with Gasteiger partial charge in [0.05, 0.1) is 0 Å². The first kappa shape index (κ1) is 16.0. The van der Waals surface area contributed by atoms with Crippen LogP contribution in [0.15, 0.2) is 0 Å². The van der Waals surface area contributed by atoms with Gasteiger partial charge in [0, 0.05) is 12.6 Å². The molecule has 1 saturated heterocycles. The number of hydrogen-bond donors (Lipinski definition) is 1. The Balaban J connectivity index is 1.93. The van der Waals surface area contributed by atoms with Crippen LogP contribution in [-0.4, -0.2) is 37.1 Å². The maximum atomic E-state index is 3.48. The third kappa shape index (κ3) is 6.75. The highest BCUT2D eigenvalue weighted by atomic mass is 15.2. The molecule has 1 fully saturated rings. The number of nitrogens with zero attached hydrogens (tertiary/aromatic N) is 1. The van der Waals surface area contributed by atoms with Crippen molar-refractivity contribution in [3.8, 4) is 0 Å². The number of piperidine rings is 1. The lowest BCUT2D eigenvalue weighted by molar-refractivity contribution is 0.122. The van der Waals surface area contributed by atoms with E-state index in [9.17, 15) is 0 Å². The maximum absolute atomic E-state index is 3.48. The molecule has 0 radical (unpaired) electrons. The van der Waals surface area contributed by atoms with Gasteiger partial charge in [0.15, 0.2) is 0 Å². The molecule has 0 aliphatic carbocycles. The SMILES string of the molecule is CCCNCCCCCCN1CC(C)CCC1C. The Labute approximate surface area is 115 Å². The molecule has 0 spiro atoms. The van der Waals surface area contributed by atoms with E-state index in [4.69, 9.17) is 0 Å². The fourth-order valence-corrected chi connectivity index (χ4v) is 2.91. The predicted molar refractivity (Wildman–Crippen MR) is 81.1 cm³/mol. The largest absolute Gasteiger partial charge is 0.317 e. The Hall–Kier alpha value is -0.0800. The Kier molecular flexibility index (Phi) is 8.70. The van der Waals surface area contributed by atoms with Crippen molar-refractivity contribution in [3.05, 3.63) is 0 Å². The van der Waals surface area contributed by atoms with Gasteiger partial charge in [-0.25, -0.2) is 0 Å². The van der Waals surface area contributed by atoms with E-state index in [0.717, 1.165) is 12.0 Å². The molecule has 0 aromatic heterocycles. The van der Waals surface area contributed by atoms with Crippen LogP contribution in [-0.2, 0) is 0 Å². The molecule has 0 aromatic carbocycles. The van der Waals surface area contributed by atoms with Crippen molar-refractivity contribution in [2.75, 3.05) is 26.2 Å². The minimum absolute atomic E-state index is 0.826. The number of hydrogen-bond acceptors (Lipinski definition) is 2. The van der Waals surface area contributed by atoms with Crippen LogP contribution in [0.4, 0.5) is 0 Å². The molecule has 18 heavy (non-hydrogen) atoms. The summed E-state index contributed by atoms with van der Waals surface area (Å²) in [6.07, 6.45) is 9.64. The van der Waals surface area contributed by atoms with Crippen LogP contribution >= 0.6 is 0 Å². The van der Waals surface area contributed by atoms with Crippen LogP contribution in [0.25, 0.3) is 0 Å². The van der Waals surface area contributed by atoms with Gasteiger partial charge >= 0.3 is 0 Å². The van der Waals surface area contributed by atoms with Gasteiger partial charge in [0.1, 0.15) is 0 Å². The van der Waals surface area contributed by atoms with E-state index in [1.54, 1.807) is 0 Å². The first-order chi connectivity index (χ1) is 8.74. The topological polar surface area (TPSA) is 15.3 Å². The summed E-state index contributed by atoms with van der Waals surface area (Å²) in [6.45, 7) is 12.1. The van der Waals surface area contributed by atoms with Gasteiger partial charge in [-0.05, 0) is 64.6 Å². The van der Waals surface area contributed by atoms with Gasteiger partial charge in [0.2, 0.25) is 0 Å². The molecular weight excluding hydrogens is 220 g/mol. The van der Waals surface area contributed by atoms with Crippen molar-refractivity contribution < 1.29 is 0 Å². The molecule has 2 unspecified atom stereocenters. The molecule has 1 heterocycles. The van der Waals surface area contributed by atoms with Crippen LogP contribution in [0.3, 0.4) is 0 Å². The summed E-state index contributed by atoms with van der Waals surface area (Å²) < 4.78 is 0. The van der Waals surface area contributed by atoms with Crippen molar-refractivity contribution in [1.29, 1.82) is 0 Å². The molecule has 0 bridgehead atoms. The molecule has 2 heteroatoms. The summed E-state index contributed by atoms with van der Waals surface area (Å²) in [5.74, 6) is 0.916. The van der Waals surface area contributed by atoms with E-state index in [1.807, 2.05) is 0 Å². The molecule has 0 saturated carbocycles. The Morgan fingerprint density at radius 3 is 2.56 bits per heavy atom. The minimum Gasteiger partial charge on any atom is -0.317 e.